The van der Waals surface area contributed by atoms with Gasteiger partial charge in [-0.25, -0.2) is 0 Å². The van der Waals surface area contributed by atoms with Crippen molar-refractivity contribution in [3.63, 3.8) is 0 Å². The molecule has 0 spiro atoms. The molecule has 0 fully saturated rings. The van der Waals surface area contributed by atoms with E-state index in [2.05, 4.69) is 231 Å². The summed E-state index contributed by atoms with van der Waals surface area (Å²) in [4.78, 5) is 2.50. The van der Waals surface area contributed by atoms with Crippen LogP contribution in [0.25, 0.3) is 66.8 Å². The molecule has 1 heteroatoms. The molecular weight excluding hydrogens is 747 g/mol. The number of fused-ring (bicyclic) bond motifs is 4. The number of nitrogens with zero attached hydrogens (tertiary/aromatic N) is 1. The number of hydrogen-bond acceptors (Lipinski definition) is 1. The Hall–Kier alpha value is -7.22. The number of anilines is 3. The molecule has 2 aliphatic carbocycles. The van der Waals surface area contributed by atoms with Gasteiger partial charge in [0.2, 0.25) is 0 Å². The lowest BCUT2D eigenvalue weighted by atomic mass is 9.81. The molecular formula is C61H49N. The summed E-state index contributed by atoms with van der Waals surface area (Å²) < 4.78 is 0. The lowest BCUT2D eigenvalue weighted by Crippen LogP contribution is -2.17. The van der Waals surface area contributed by atoms with E-state index in [0.29, 0.717) is 0 Å². The van der Waals surface area contributed by atoms with E-state index in [1.54, 1.807) is 0 Å². The molecule has 9 aromatic rings. The molecule has 0 radical (unpaired) electrons. The number of hydrogen-bond donors (Lipinski definition) is 0. The van der Waals surface area contributed by atoms with Crippen LogP contribution in [0.3, 0.4) is 0 Å². The van der Waals surface area contributed by atoms with Crippen molar-refractivity contribution in [2.75, 3.05) is 4.90 Å². The predicted octanol–water partition coefficient (Wildman–Crippen LogP) is 16.7. The summed E-state index contributed by atoms with van der Waals surface area (Å²) in [5.41, 5.74) is 24.0. The maximum Gasteiger partial charge on any atom is 0.0543 e. The SMILES string of the molecule is CC1(C)c2ccccc2-c2cc(-c3ccccc3)c(N(c3ccc(-c4cccc5c4CCCC5)cc3)c3ccc(-c4c(-c5ccccc5)cccc4-c4ccccc4)cc3)cc21. The Morgan fingerprint density at radius 1 is 0.355 bits per heavy atom. The lowest BCUT2D eigenvalue weighted by Gasteiger charge is -2.31. The van der Waals surface area contributed by atoms with Crippen molar-refractivity contribution in [2.24, 2.45) is 0 Å². The summed E-state index contributed by atoms with van der Waals surface area (Å²) in [5.74, 6) is 0. The Balaban J connectivity index is 1.11. The highest BCUT2D eigenvalue weighted by atomic mass is 15.1. The zero-order chi connectivity index (χ0) is 41.6. The topological polar surface area (TPSA) is 3.24 Å². The Labute approximate surface area is 366 Å². The van der Waals surface area contributed by atoms with E-state index in [0.717, 1.165) is 17.8 Å². The molecule has 0 atom stereocenters. The van der Waals surface area contributed by atoms with Crippen molar-refractivity contribution >= 4 is 17.1 Å². The second kappa shape index (κ2) is 15.7. The number of rotatable bonds is 8. The van der Waals surface area contributed by atoms with Crippen LogP contribution in [-0.4, -0.2) is 0 Å². The van der Waals surface area contributed by atoms with E-state index in [1.807, 2.05) is 0 Å². The van der Waals surface area contributed by atoms with Crippen LogP contribution in [0, 0.1) is 0 Å². The van der Waals surface area contributed by atoms with Gasteiger partial charge in [-0.15, -0.1) is 0 Å². The van der Waals surface area contributed by atoms with E-state index >= 15 is 0 Å². The highest BCUT2D eigenvalue weighted by Crippen LogP contribution is 2.54. The molecule has 1 nitrogen and oxygen atoms in total. The first-order chi connectivity index (χ1) is 30.5. The molecule has 0 heterocycles. The van der Waals surface area contributed by atoms with E-state index in [-0.39, 0.29) is 5.41 Å². The standard InChI is InChI=1S/C61H49N/c1-61(2)57-31-15-14-27-54(57)56-40-55(45-22-10-5-11-23-45)59(41-58(56)61)62(48-36-32-46(33-37-48)51-28-16-25-42-24-12-13-26-50(42)51)49-38-34-47(35-39-49)60-52(43-18-6-3-7-19-43)29-17-30-53(60)44-20-8-4-9-21-44/h3-11,14-23,25,27-41H,12-13,24,26H2,1-2H3. The summed E-state index contributed by atoms with van der Waals surface area (Å²) in [5, 5.41) is 0. The zero-order valence-electron chi connectivity index (χ0n) is 35.5. The minimum absolute atomic E-state index is 0.156. The van der Waals surface area contributed by atoms with Gasteiger partial charge < -0.3 is 4.90 Å². The second-order valence-electron chi connectivity index (χ2n) is 17.5. The molecule has 0 saturated carbocycles. The molecule has 0 N–H and O–H groups in total. The first-order valence-corrected chi connectivity index (χ1v) is 22.2. The maximum atomic E-state index is 2.50. The third kappa shape index (κ3) is 6.57. The molecule has 0 aliphatic heterocycles. The molecule has 298 valence electrons. The van der Waals surface area contributed by atoms with Crippen LogP contribution in [0.2, 0.25) is 0 Å². The van der Waals surface area contributed by atoms with Gasteiger partial charge in [0, 0.05) is 22.4 Å². The van der Waals surface area contributed by atoms with E-state index in [1.165, 1.54) is 114 Å². The van der Waals surface area contributed by atoms with Crippen molar-refractivity contribution in [1.29, 1.82) is 0 Å². The molecule has 0 unspecified atom stereocenters. The van der Waals surface area contributed by atoms with Crippen molar-refractivity contribution in [3.05, 3.63) is 235 Å². The normalized spacial score (nSPS) is 13.5. The fourth-order valence-electron chi connectivity index (χ4n) is 10.4. The van der Waals surface area contributed by atoms with E-state index in [4.69, 9.17) is 0 Å². The number of aryl methyl sites for hydroxylation is 1. The second-order valence-corrected chi connectivity index (χ2v) is 17.5. The summed E-state index contributed by atoms with van der Waals surface area (Å²) in [6, 6.07) is 78.8. The first-order valence-electron chi connectivity index (χ1n) is 22.2. The summed E-state index contributed by atoms with van der Waals surface area (Å²) in [6.07, 6.45) is 4.86. The molecule has 0 saturated heterocycles. The van der Waals surface area contributed by atoms with Gasteiger partial charge >= 0.3 is 0 Å². The van der Waals surface area contributed by atoms with Crippen LogP contribution in [0.1, 0.15) is 48.9 Å². The lowest BCUT2D eigenvalue weighted by molar-refractivity contribution is 0.660. The molecule has 0 bridgehead atoms. The van der Waals surface area contributed by atoms with Crippen LogP contribution in [0.4, 0.5) is 17.1 Å². The molecule has 0 amide bonds. The van der Waals surface area contributed by atoms with Gasteiger partial charge in [0.1, 0.15) is 0 Å². The quantitative estimate of drug-likeness (QED) is 0.148. The average molecular weight is 796 g/mol. The van der Waals surface area contributed by atoms with Crippen LogP contribution in [0.5, 0.6) is 0 Å². The smallest absolute Gasteiger partial charge is 0.0543 e. The van der Waals surface area contributed by atoms with Crippen LogP contribution in [0.15, 0.2) is 212 Å². The largest absolute Gasteiger partial charge is 0.310 e. The van der Waals surface area contributed by atoms with Gasteiger partial charge in [0.25, 0.3) is 0 Å². The Bertz CT molecular complexity index is 2990. The molecule has 11 rings (SSSR count). The van der Waals surface area contributed by atoms with Crippen LogP contribution < -0.4 is 4.90 Å². The van der Waals surface area contributed by atoms with Crippen molar-refractivity contribution in [1.82, 2.24) is 0 Å². The fraction of sp³-hybridized carbons (Fsp3) is 0.115. The van der Waals surface area contributed by atoms with Gasteiger partial charge in [0.05, 0.1) is 5.69 Å². The van der Waals surface area contributed by atoms with Crippen molar-refractivity contribution in [3.8, 4) is 66.8 Å². The van der Waals surface area contributed by atoms with Crippen molar-refractivity contribution < 1.29 is 0 Å². The van der Waals surface area contributed by atoms with Crippen LogP contribution in [-0.2, 0) is 18.3 Å². The molecule has 9 aromatic carbocycles. The number of benzene rings is 9. The van der Waals surface area contributed by atoms with Crippen molar-refractivity contribution in [2.45, 2.75) is 44.9 Å². The summed E-state index contributed by atoms with van der Waals surface area (Å²) in [6.45, 7) is 4.76. The van der Waals surface area contributed by atoms with Gasteiger partial charge in [-0.3, -0.25) is 0 Å². The third-order valence-corrected chi connectivity index (χ3v) is 13.5. The monoisotopic (exact) mass is 795 g/mol. The van der Waals surface area contributed by atoms with Gasteiger partial charge in [-0.2, -0.15) is 0 Å². The predicted molar refractivity (Wildman–Crippen MR) is 263 cm³/mol. The molecule has 0 aromatic heterocycles. The average Bonchev–Trinajstić information content (AvgIpc) is 3.57. The summed E-state index contributed by atoms with van der Waals surface area (Å²) in [7, 11) is 0. The zero-order valence-corrected chi connectivity index (χ0v) is 35.5. The Morgan fingerprint density at radius 2 is 0.839 bits per heavy atom. The maximum absolute atomic E-state index is 2.50. The molecule has 62 heavy (non-hydrogen) atoms. The Kier molecular flexibility index (Phi) is 9.54. The summed E-state index contributed by atoms with van der Waals surface area (Å²) >= 11 is 0. The minimum atomic E-state index is -0.156. The fourth-order valence-corrected chi connectivity index (χ4v) is 10.4. The molecule has 2 aliphatic rings. The minimum Gasteiger partial charge on any atom is -0.310 e. The van der Waals surface area contributed by atoms with E-state index < -0.39 is 0 Å². The van der Waals surface area contributed by atoms with Gasteiger partial charge in [0.15, 0.2) is 0 Å². The van der Waals surface area contributed by atoms with Gasteiger partial charge in [-0.1, -0.05) is 190 Å². The third-order valence-electron chi connectivity index (χ3n) is 13.5. The van der Waals surface area contributed by atoms with E-state index in [9.17, 15) is 0 Å². The highest BCUT2D eigenvalue weighted by molar-refractivity contribution is 5.97. The van der Waals surface area contributed by atoms with Gasteiger partial charge in [-0.05, 0) is 146 Å². The Morgan fingerprint density at radius 3 is 1.47 bits per heavy atom. The van der Waals surface area contributed by atoms with Crippen LogP contribution >= 0.6 is 0 Å². The highest BCUT2D eigenvalue weighted by Gasteiger charge is 2.37. The first kappa shape index (κ1) is 37.8.